The Bertz CT molecular complexity index is 478. The molecule has 1 aliphatic carbocycles. The third-order valence-electron chi connectivity index (χ3n) is 2.78. The molecule has 1 N–H and O–H groups in total. The van der Waals surface area contributed by atoms with Gasteiger partial charge in [0.05, 0.1) is 0 Å². The lowest BCUT2D eigenvalue weighted by molar-refractivity contribution is -0.141. The summed E-state index contributed by atoms with van der Waals surface area (Å²) in [6, 6.07) is 2.66. The number of halogens is 2. The summed E-state index contributed by atoms with van der Waals surface area (Å²) in [5.74, 6) is -4.06. The average molecular weight is 226 g/mol. The number of Topliss-reactive ketones (excluding diaryl/α,β-unsaturated/α-hetero) is 1. The molecule has 0 aromatic heterocycles. The summed E-state index contributed by atoms with van der Waals surface area (Å²) in [5, 5.41) is 8.87. The second-order valence-electron chi connectivity index (χ2n) is 3.85. The van der Waals surface area contributed by atoms with Crippen LogP contribution in [0.5, 0.6) is 0 Å². The van der Waals surface area contributed by atoms with Crippen LogP contribution in [-0.4, -0.2) is 16.9 Å². The highest BCUT2D eigenvalue weighted by atomic mass is 19.2. The summed E-state index contributed by atoms with van der Waals surface area (Å²) in [5.41, 5.74) is -1.51. The number of hydrogen-bond acceptors (Lipinski definition) is 2. The van der Waals surface area contributed by atoms with Crippen LogP contribution in [0.15, 0.2) is 18.2 Å². The summed E-state index contributed by atoms with van der Waals surface area (Å²) in [6.45, 7) is 0. The van der Waals surface area contributed by atoms with Gasteiger partial charge in [0.25, 0.3) is 0 Å². The van der Waals surface area contributed by atoms with Crippen molar-refractivity contribution in [1.29, 1.82) is 0 Å². The molecular formula is C11H8F2O3. The summed E-state index contributed by atoms with van der Waals surface area (Å²) in [7, 11) is 0. The zero-order chi connectivity index (χ0) is 11.9. The van der Waals surface area contributed by atoms with Crippen LogP contribution in [-0.2, 0) is 4.79 Å². The van der Waals surface area contributed by atoms with Crippen LogP contribution in [0, 0.1) is 17.0 Å². The zero-order valence-electron chi connectivity index (χ0n) is 8.17. The van der Waals surface area contributed by atoms with Crippen LogP contribution in [0.2, 0.25) is 0 Å². The van der Waals surface area contributed by atoms with Crippen LogP contribution < -0.4 is 0 Å². The van der Waals surface area contributed by atoms with E-state index in [0.29, 0.717) is 0 Å². The van der Waals surface area contributed by atoms with Gasteiger partial charge >= 0.3 is 5.97 Å². The van der Waals surface area contributed by atoms with Gasteiger partial charge in [0, 0.05) is 5.56 Å². The fourth-order valence-electron chi connectivity index (χ4n) is 1.58. The van der Waals surface area contributed by atoms with E-state index in [4.69, 9.17) is 5.11 Å². The molecule has 1 fully saturated rings. The van der Waals surface area contributed by atoms with Crippen molar-refractivity contribution in [2.75, 3.05) is 0 Å². The summed E-state index contributed by atoms with van der Waals surface area (Å²) < 4.78 is 25.5. The molecule has 1 saturated carbocycles. The fourth-order valence-corrected chi connectivity index (χ4v) is 1.58. The Kier molecular flexibility index (Phi) is 2.26. The number of benzene rings is 1. The lowest BCUT2D eigenvalue weighted by Crippen LogP contribution is -2.25. The van der Waals surface area contributed by atoms with E-state index in [1.165, 1.54) is 0 Å². The van der Waals surface area contributed by atoms with Crippen LogP contribution in [0.4, 0.5) is 8.78 Å². The first-order valence-corrected chi connectivity index (χ1v) is 4.70. The summed E-state index contributed by atoms with van der Waals surface area (Å²) in [6.07, 6.45) is 0.500. The number of carboxylic acid groups (broad SMARTS) is 1. The molecular weight excluding hydrogens is 218 g/mol. The minimum Gasteiger partial charge on any atom is -0.480 e. The van der Waals surface area contributed by atoms with Crippen LogP contribution >= 0.6 is 0 Å². The normalized spacial score (nSPS) is 16.9. The standard InChI is InChI=1S/C11H8F2O3/c12-7-2-1-6(5-8(7)13)9(14)11(3-4-11)10(15)16/h1-2,5H,3-4H2,(H,15,16). The Balaban J connectivity index is 2.35. The molecule has 0 aliphatic heterocycles. The predicted octanol–water partition coefficient (Wildman–Crippen LogP) is 2.01. The number of hydrogen-bond donors (Lipinski definition) is 1. The van der Waals surface area contributed by atoms with Crippen molar-refractivity contribution in [2.24, 2.45) is 5.41 Å². The first kappa shape index (κ1) is 10.7. The molecule has 84 valence electrons. The van der Waals surface area contributed by atoms with Crippen LogP contribution in [0.1, 0.15) is 23.2 Å². The Morgan fingerprint density at radius 3 is 2.25 bits per heavy atom. The molecule has 2 rings (SSSR count). The smallest absolute Gasteiger partial charge is 0.317 e. The van der Waals surface area contributed by atoms with Gasteiger partial charge in [-0.05, 0) is 31.0 Å². The average Bonchev–Trinajstić information content (AvgIpc) is 3.02. The van der Waals surface area contributed by atoms with Gasteiger partial charge in [-0.1, -0.05) is 0 Å². The molecule has 16 heavy (non-hydrogen) atoms. The third kappa shape index (κ3) is 1.48. The molecule has 0 saturated heterocycles. The van der Waals surface area contributed by atoms with Gasteiger partial charge < -0.3 is 5.11 Å². The maximum Gasteiger partial charge on any atom is 0.317 e. The van der Waals surface area contributed by atoms with Crippen molar-refractivity contribution in [2.45, 2.75) is 12.8 Å². The Hall–Kier alpha value is -1.78. The van der Waals surface area contributed by atoms with Gasteiger partial charge in [-0.15, -0.1) is 0 Å². The Labute approximate surface area is 89.7 Å². The van der Waals surface area contributed by atoms with Gasteiger partial charge in [-0.2, -0.15) is 0 Å². The topological polar surface area (TPSA) is 54.4 Å². The van der Waals surface area contributed by atoms with E-state index in [2.05, 4.69) is 0 Å². The Morgan fingerprint density at radius 1 is 1.19 bits per heavy atom. The van der Waals surface area contributed by atoms with Crippen molar-refractivity contribution >= 4 is 11.8 Å². The van der Waals surface area contributed by atoms with Crippen molar-refractivity contribution < 1.29 is 23.5 Å². The summed E-state index contributed by atoms with van der Waals surface area (Å²) in [4.78, 5) is 22.6. The number of carboxylic acids is 1. The highest BCUT2D eigenvalue weighted by Crippen LogP contribution is 2.48. The lowest BCUT2D eigenvalue weighted by atomic mass is 9.95. The number of aliphatic carboxylic acids is 1. The van der Waals surface area contributed by atoms with E-state index in [9.17, 15) is 18.4 Å². The summed E-state index contributed by atoms with van der Waals surface area (Å²) >= 11 is 0. The van der Waals surface area contributed by atoms with E-state index >= 15 is 0 Å². The highest BCUT2D eigenvalue weighted by Gasteiger charge is 2.56. The molecule has 0 bridgehead atoms. The third-order valence-corrected chi connectivity index (χ3v) is 2.78. The highest BCUT2D eigenvalue weighted by molar-refractivity contribution is 6.14. The number of ketones is 1. The maximum absolute atomic E-state index is 12.9. The first-order valence-electron chi connectivity index (χ1n) is 4.70. The quantitative estimate of drug-likeness (QED) is 0.633. The SMILES string of the molecule is O=C(O)C1(C(=O)c2ccc(F)c(F)c2)CC1. The van der Waals surface area contributed by atoms with Crippen molar-refractivity contribution in [3.63, 3.8) is 0 Å². The van der Waals surface area contributed by atoms with E-state index < -0.39 is 28.8 Å². The molecule has 0 unspecified atom stereocenters. The zero-order valence-corrected chi connectivity index (χ0v) is 8.17. The fraction of sp³-hybridized carbons (Fsp3) is 0.273. The van der Waals surface area contributed by atoms with E-state index in [-0.39, 0.29) is 18.4 Å². The molecule has 0 amide bonds. The van der Waals surface area contributed by atoms with Crippen molar-refractivity contribution in [1.82, 2.24) is 0 Å². The molecule has 1 aromatic rings. The Morgan fingerprint density at radius 2 is 1.81 bits per heavy atom. The van der Waals surface area contributed by atoms with Crippen molar-refractivity contribution in [3.8, 4) is 0 Å². The van der Waals surface area contributed by atoms with Crippen LogP contribution in [0.25, 0.3) is 0 Å². The van der Waals surface area contributed by atoms with Gasteiger partial charge in [-0.25, -0.2) is 8.78 Å². The van der Waals surface area contributed by atoms with Gasteiger partial charge in [0.1, 0.15) is 5.41 Å². The van der Waals surface area contributed by atoms with Crippen LogP contribution in [0.3, 0.4) is 0 Å². The van der Waals surface area contributed by atoms with Crippen molar-refractivity contribution in [3.05, 3.63) is 35.4 Å². The molecule has 0 atom stereocenters. The molecule has 1 aromatic carbocycles. The molecule has 5 heteroatoms. The van der Waals surface area contributed by atoms with Gasteiger partial charge in [0.2, 0.25) is 0 Å². The second-order valence-corrected chi connectivity index (χ2v) is 3.85. The monoisotopic (exact) mass is 226 g/mol. The van der Waals surface area contributed by atoms with E-state index in [1.807, 2.05) is 0 Å². The van der Waals surface area contributed by atoms with Gasteiger partial charge in [0.15, 0.2) is 17.4 Å². The molecule has 0 spiro atoms. The number of carbonyl (C=O) groups excluding carboxylic acids is 1. The lowest BCUT2D eigenvalue weighted by Gasteiger charge is -2.08. The number of rotatable bonds is 3. The largest absolute Gasteiger partial charge is 0.480 e. The maximum atomic E-state index is 12.9. The van der Waals surface area contributed by atoms with E-state index in [1.54, 1.807) is 0 Å². The minimum absolute atomic E-state index is 0.0983. The van der Waals surface area contributed by atoms with Gasteiger partial charge in [-0.3, -0.25) is 9.59 Å². The van der Waals surface area contributed by atoms with E-state index in [0.717, 1.165) is 18.2 Å². The minimum atomic E-state index is -1.41. The molecule has 3 nitrogen and oxygen atoms in total. The molecule has 0 heterocycles. The second kappa shape index (κ2) is 3.37. The molecule has 1 aliphatic rings. The predicted molar refractivity (Wildman–Crippen MR) is 50.0 cm³/mol. The molecule has 0 radical (unpaired) electrons. The number of carbonyl (C=O) groups is 2. The first-order chi connectivity index (χ1) is 7.47.